The molecule has 0 bridgehead atoms. The van der Waals surface area contributed by atoms with Crippen LogP contribution in [-0.2, 0) is 13.1 Å². The summed E-state index contributed by atoms with van der Waals surface area (Å²) >= 11 is 0. The zero-order valence-corrected chi connectivity index (χ0v) is 8.35. The molecule has 0 unspecified atom stereocenters. The molecule has 1 aliphatic rings. The quantitative estimate of drug-likeness (QED) is 0.748. The first-order valence-corrected chi connectivity index (χ1v) is 5.12. The molecule has 0 atom stereocenters. The van der Waals surface area contributed by atoms with Gasteiger partial charge in [0.1, 0.15) is 11.5 Å². The van der Waals surface area contributed by atoms with E-state index in [0.29, 0.717) is 0 Å². The van der Waals surface area contributed by atoms with Gasteiger partial charge in [0.05, 0.1) is 12.2 Å². The highest BCUT2D eigenvalue weighted by atomic mass is 15.1. The van der Waals surface area contributed by atoms with Gasteiger partial charge in [0.15, 0.2) is 0 Å². The van der Waals surface area contributed by atoms with Crippen molar-refractivity contribution in [2.45, 2.75) is 13.1 Å². The molecule has 1 aliphatic heterocycles. The van der Waals surface area contributed by atoms with E-state index in [1.807, 2.05) is 18.2 Å². The number of pyridine rings is 1. The van der Waals surface area contributed by atoms with E-state index in [1.165, 1.54) is 0 Å². The van der Waals surface area contributed by atoms with Crippen molar-refractivity contribution in [3.05, 3.63) is 36.4 Å². The first-order chi connectivity index (χ1) is 7.43. The molecule has 0 amide bonds. The van der Waals surface area contributed by atoms with Gasteiger partial charge in [-0.3, -0.25) is 4.98 Å². The van der Waals surface area contributed by atoms with Crippen LogP contribution in [0.5, 0.6) is 0 Å². The Balaban J connectivity index is 2.03. The predicted octanol–water partition coefficient (Wildman–Crippen LogP) is 1.05. The van der Waals surface area contributed by atoms with E-state index in [-0.39, 0.29) is 0 Å². The fourth-order valence-electron chi connectivity index (χ4n) is 1.83. The van der Waals surface area contributed by atoms with E-state index in [1.54, 1.807) is 6.20 Å². The maximum Gasteiger partial charge on any atom is 0.123 e. The summed E-state index contributed by atoms with van der Waals surface area (Å²) < 4.78 is 2.19. The van der Waals surface area contributed by atoms with E-state index < -0.39 is 0 Å². The van der Waals surface area contributed by atoms with Crippen LogP contribution in [0.25, 0.3) is 11.4 Å². The van der Waals surface area contributed by atoms with Crippen LogP contribution in [0, 0.1) is 0 Å². The summed E-state index contributed by atoms with van der Waals surface area (Å²) in [4.78, 5) is 8.86. The van der Waals surface area contributed by atoms with Crippen molar-refractivity contribution in [3.63, 3.8) is 0 Å². The average Bonchev–Trinajstić information content (AvgIpc) is 2.74. The lowest BCUT2D eigenvalue weighted by Crippen LogP contribution is -2.27. The Morgan fingerprint density at radius 3 is 3.07 bits per heavy atom. The molecule has 3 rings (SSSR count). The zero-order chi connectivity index (χ0) is 10.1. The molecule has 3 heterocycles. The van der Waals surface area contributed by atoms with Crippen LogP contribution in [-0.4, -0.2) is 21.1 Å². The minimum Gasteiger partial charge on any atom is -0.332 e. The van der Waals surface area contributed by atoms with Crippen molar-refractivity contribution in [2.75, 3.05) is 6.54 Å². The van der Waals surface area contributed by atoms with Gasteiger partial charge in [-0.25, -0.2) is 4.98 Å². The summed E-state index contributed by atoms with van der Waals surface area (Å²) in [5.41, 5.74) is 1.91. The maximum absolute atomic E-state index is 4.56. The number of fused-ring (bicyclic) bond motifs is 1. The second kappa shape index (κ2) is 3.47. The van der Waals surface area contributed by atoms with Crippen molar-refractivity contribution < 1.29 is 0 Å². The lowest BCUT2D eigenvalue weighted by molar-refractivity contribution is 0.505. The van der Waals surface area contributed by atoms with Crippen LogP contribution >= 0.6 is 0 Å². The SMILES string of the molecule is c1ccc(-c2cn3c(n2)CNCC3)nc1. The van der Waals surface area contributed by atoms with E-state index in [2.05, 4.69) is 26.0 Å². The topological polar surface area (TPSA) is 42.7 Å². The van der Waals surface area contributed by atoms with Crippen LogP contribution in [0.3, 0.4) is 0 Å². The molecule has 2 aromatic rings. The molecule has 0 saturated carbocycles. The summed E-state index contributed by atoms with van der Waals surface area (Å²) in [6.07, 6.45) is 3.88. The molecule has 0 aromatic carbocycles. The van der Waals surface area contributed by atoms with Gasteiger partial charge >= 0.3 is 0 Å². The number of nitrogens with zero attached hydrogens (tertiary/aromatic N) is 3. The van der Waals surface area contributed by atoms with E-state index >= 15 is 0 Å². The lowest BCUT2D eigenvalue weighted by Gasteiger charge is -2.13. The molecule has 1 N–H and O–H groups in total. The number of imidazole rings is 1. The van der Waals surface area contributed by atoms with E-state index in [0.717, 1.165) is 36.8 Å². The van der Waals surface area contributed by atoms with Gasteiger partial charge in [-0.1, -0.05) is 6.07 Å². The molecular weight excluding hydrogens is 188 g/mol. The van der Waals surface area contributed by atoms with Gasteiger partial charge < -0.3 is 9.88 Å². The summed E-state index contributed by atoms with van der Waals surface area (Å²) in [6, 6.07) is 5.89. The summed E-state index contributed by atoms with van der Waals surface area (Å²) in [5, 5.41) is 3.30. The number of hydrogen-bond acceptors (Lipinski definition) is 3. The average molecular weight is 200 g/mol. The third-order valence-corrected chi connectivity index (χ3v) is 2.60. The van der Waals surface area contributed by atoms with Gasteiger partial charge in [-0.05, 0) is 12.1 Å². The van der Waals surface area contributed by atoms with Crippen molar-refractivity contribution >= 4 is 0 Å². The molecule has 76 valence electrons. The van der Waals surface area contributed by atoms with Crippen molar-refractivity contribution in [3.8, 4) is 11.4 Å². The first-order valence-electron chi connectivity index (χ1n) is 5.12. The monoisotopic (exact) mass is 200 g/mol. The minimum atomic E-state index is 0.854. The number of aromatic nitrogens is 3. The Bertz CT molecular complexity index is 437. The Morgan fingerprint density at radius 1 is 1.27 bits per heavy atom. The summed E-state index contributed by atoms with van der Waals surface area (Å²) in [5.74, 6) is 1.10. The molecule has 2 aromatic heterocycles. The maximum atomic E-state index is 4.56. The molecule has 0 fully saturated rings. The van der Waals surface area contributed by atoms with Gasteiger partial charge in [-0.2, -0.15) is 0 Å². The van der Waals surface area contributed by atoms with Crippen LogP contribution in [0.15, 0.2) is 30.6 Å². The summed E-state index contributed by atoms with van der Waals surface area (Å²) in [6.45, 7) is 2.87. The van der Waals surface area contributed by atoms with Gasteiger partial charge in [0, 0.05) is 25.5 Å². The fraction of sp³-hybridized carbons (Fsp3) is 0.273. The number of hydrogen-bond donors (Lipinski definition) is 1. The third-order valence-electron chi connectivity index (χ3n) is 2.60. The standard InChI is InChI=1S/C11H12N4/c1-2-4-13-9(3-1)10-8-15-6-5-12-7-11(15)14-10/h1-4,8,12H,5-7H2. The van der Waals surface area contributed by atoms with E-state index in [9.17, 15) is 0 Å². The smallest absolute Gasteiger partial charge is 0.123 e. The largest absolute Gasteiger partial charge is 0.332 e. The molecule has 0 saturated heterocycles. The second-order valence-electron chi connectivity index (χ2n) is 3.63. The lowest BCUT2D eigenvalue weighted by atomic mass is 10.3. The first kappa shape index (κ1) is 8.61. The molecule has 4 nitrogen and oxygen atoms in total. The fourth-order valence-corrected chi connectivity index (χ4v) is 1.83. The predicted molar refractivity (Wildman–Crippen MR) is 57.2 cm³/mol. The van der Waals surface area contributed by atoms with Gasteiger partial charge in [0.25, 0.3) is 0 Å². The Kier molecular flexibility index (Phi) is 1.99. The van der Waals surface area contributed by atoms with Gasteiger partial charge in [0.2, 0.25) is 0 Å². The summed E-state index contributed by atoms with van der Waals surface area (Å²) in [7, 11) is 0. The highest BCUT2D eigenvalue weighted by Gasteiger charge is 2.12. The van der Waals surface area contributed by atoms with Crippen molar-refractivity contribution in [1.82, 2.24) is 19.9 Å². The highest BCUT2D eigenvalue weighted by Crippen LogP contribution is 2.16. The van der Waals surface area contributed by atoms with Gasteiger partial charge in [-0.15, -0.1) is 0 Å². The molecular formula is C11H12N4. The molecule has 0 aliphatic carbocycles. The number of rotatable bonds is 1. The third kappa shape index (κ3) is 1.53. The Morgan fingerprint density at radius 2 is 2.27 bits per heavy atom. The van der Waals surface area contributed by atoms with Crippen LogP contribution < -0.4 is 5.32 Å². The van der Waals surface area contributed by atoms with Crippen LogP contribution in [0.1, 0.15) is 5.82 Å². The zero-order valence-electron chi connectivity index (χ0n) is 8.35. The van der Waals surface area contributed by atoms with Crippen molar-refractivity contribution in [1.29, 1.82) is 0 Å². The Labute approximate surface area is 88.0 Å². The minimum absolute atomic E-state index is 0.854. The molecule has 4 heteroatoms. The molecule has 0 spiro atoms. The second-order valence-corrected chi connectivity index (χ2v) is 3.63. The van der Waals surface area contributed by atoms with Crippen LogP contribution in [0.4, 0.5) is 0 Å². The molecule has 15 heavy (non-hydrogen) atoms. The normalized spacial score (nSPS) is 14.9. The van der Waals surface area contributed by atoms with E-state index in [4.69, 9.17) is 0 Å². The molecule has 0 radical (unpaired) electrons. The van der Waals surface area contributed by atoms with Crippen LogP contribution in [0.2, 0.25) is 0 Å². The van der Waals surface area contributed by atoms with Crippen molar-refractivity contribution in [2.24, 2.45) is 0 Å². The number of nitrogens with one attached hydrogen (secondary N) is 1. The highest BCUT2D eigenvalue weighted by molar-refractivity contribution is 5.52. The Hall–Kier alpha value is -1.68.